The van der Waals surface area contributed by atoms with Crippen LogP contribution in [0.3, 0.4) is 0 Å². The summed E-state index contributed by atoms with van der Waals surface area (Å²) in [5.41, 5.74) is 4.03. The lowest BCUT2D eigenvalue weighted by Crippen LogP contribution is -2.14. The molecule has 1 amide bonds. The van der Waals surface area contributed by atoms with Gasteiger partial charge in [0.1, 0.15) is 0 Å². The number of amides is 1. The minimum Gasteiger partial charge on any atom is -0.333 e. The van der Waals surface area contributed by atoms with E-state index in [1.54, 1.807) is 12.5 Å². The van der Waals surface area contributed by atoms with E-state index in [1.165, 1.54) is 0 Å². The molecule has 0 aliphatic carbocycles. The molecule has 0 aliphatic heterocycles. The Balaban J connectivity index is 1.33. The predicted octanol–water partition coefficient (Wildman–Crippen LogP) is 3.90. The Morgan fingerprint density at radius 2 is 1.59 bits per heavy atom. The molecular formula is C22H20N4O. The SMILES string of the molecule is O=C(Cc1ccc(-n2cccc2)cc1)Nc1ccc(Cn2ccnc2)cc1. The summed E-state index contributed by atoms with van der Waals surface area (Å²) in [6.07, 6.45) is 9.83. The first-order valence-corrected chi connectivity index (χ1v) is 8.83. The van der Waals surface area contributed by atoms with Gasteiger partial charge in [0.25, 0.3) is 0 Å². The second-order valence-electron chi connectivity index (χ2n) is 6.41. The maximum atomic E-state index is 12.3. The van der Waals surface area contributed by atoms with E-state index < -0.39 is 0 Å². The molecule has 0 aliphatic rings. The lowest BCUT2D eigenvalue weighted by atomic mass is 10.1. The Morgan fingerprint density at radius 1 is 0.889 bits per heavy atom. The van der Waals surface area contributed by atoms with E-state index in [0.29, 0.717) is 6.42 Å². The molecule has 0 saturated heterocycles. The molecule has 1 N–H and O–H groups in total. The van der Waals surface area contributed by atoms with Gasteiger partial charge in [-0.05, 0) is 47.5 Å². The molecule has 4 aromatic rings. The van der Waals surface area contributed by atoms with Crippen LogP contribution in [0.2, 0.25) is 0 Å². The molecule has 2 aromatic carbocycles. The van der Waals surface area contributed by atoms with Gasteiger partial charge in [-0.25, -0.2) is 4.98 Å². The molecule has 0 bridgehead atoms. The number of anilines is 1. The fourth-order valence-electron chi connectivity index (χ4n) is 2.97. The molecule has 0 unspecified atom stereocenters. The minimum absolute atomic E-state index is 0.0222. The zero-order chi connectivity index (χ0) is 18.5. The molecular weight excluding hydrogens is 336 g/mol. The molecule has 2 aromatic heterocycles. The van der Waals surface area contributed by atoms with Crippen molar-refractivity contribution in [1.82, 2.24) is 14.1 Å². The van der Waals surface area contributed by atoms with E-state index in [9.17, 15) is 4.79 Å². The number of hydrogen-bond donors (Lipinski definition) is 1. The van der Waals surface area contributed by atoms with Crippen LogP contribution in [-0.4, -0.2) is 20.0 Å². The van der Waals surface area contributed by atoms with E-state index >= 15 is 0 Å². The number of hydrogen-bond acceptors (Lipinski definition) is 2. The van der Waals surface area contributed by atoms with Gasteiger partial charge in [-0.2, -0.15) is 0 Å². The number of nitrogens with zero attached hydrogens (tertiary/aromatic N) is 3. The number of nitrogens with one attached hydrogen (secondary N) is 1. The average molecular weight is 356 g/mol. The molecule has 134 valence electrons. The molecule has 2 heterocycles. The normalized spacial score (nSPS) is 10.7. The smallest absolute Gasteiger partial charge is 0.228 e. The Hall–Kier alpha value is -3.60. The zero-order valence-corrected chi connectivity index (χ0v) is 14.8. The van der Waals surface area contributed by atoms with E-state index in [0.717, 1.165) is 29.0 Å². The molecule has 0 spiro atoms. The third-order valence-corrected chi connectivity index (χ3v) is 4.37. The van der Waals surface area contributed by atoms with Crippen LogP contribution in [0.4, 0.5) is 5.69 Å². The molecule has 27 heavy (non-hydrogen) atoms. The first kappa shape index (κ1) is 16.8. The highest BCUT2D eigenvalue weighted by atomic mass is 16.1. The van der Waals surface area contributed by atoms with E-state index in [1.807, 2.05) is 88.4 Å². The molecule has 5 heteroatoms. The van der Waals surface area contributed by atoms with Gasteiger partial charge in [0.15, 0.2) is 0 Å². The second kappa shape index (κ2) is 7.74. The fourth-order valence-corrected chi connectivity index (χ4v) is 2.97. The number of rotatable bonds is 6. The van der Waals surface area contributed by atoms with Crippen molar-refractivity contribution in [2.75, 3.05) is 5.32 Å². The molecule has 0 atom stereocenters. The Labute approximate surface area is 157 Å². The van der Waals surface area contributed by atoms with Crippen LogP contribution in [-0.2, 0) is 17.8 Å². The quantitative estimate of drug-likeness (QED) is 0.570. The van der Waals surface area contributed by atoms with Crippen LogP contribution < -0.4 is 5.32 Å². The topological polar surface area (TPSA) is 51.9 Å². The Bertz CT molecular complexity index is 986. The zero-order valence-electron chi connectivity index (χ0n) is 14.8. The van der Waals surface area contributed by atoms with Gasteiger partial charge < -0.3 is 14.5 Å². The first-order chi connectivity index (χ1) is 13.3. The van der Waals surface area contributed by atoms with Crippen molar-refractivity contribution in [3.63, 3.8) is 0 Å². The van der Waals surface area contributed by atoms with Gasteiger partial charge in [-0.1, -0.05) is 24.3 Å². The Kier molecular flexibility index (Phi) is 4.83. The standard InChI is InChI=1S/C22H20N4O/c27-22(15-18-5-9-21(10-6-18)26-12-1-2-13-26)24-20-7-3-19(4-8-20)16-25-14-11-23-17-25/h1-14,17H,15-16H2,(H,24,27). The second-order valence-corrected chi connectivity index (χ2v) is 6.41. The number of imidazole rings is 1. The first-order valence-electron chi connectivity index (χ1n) is 8.83. The number of carbonyl (C=O) groups is 1. The highest BCUT2D eigenvalue weighted by Gasteiger charge is 2.05. The van der Waals surface area contributed by atoms with Gasteiger partial charge in [-0.15, -0.1) is 0 Å². The summed E-state index contributed by atoms with van der Waals surface area (Å²) in [6.45, 7) is 0.766. The van der Waals surface area contributed by atoms with Crippen molar-refractivity contribution in [3.05, 3.63) is 103 Å². The van der Waals surface area contributed by atoms with Crippen molar-refractivity contribution in [1.29, 1.82) is 0 Å². The number of aromatic nitrogens is 3. The van der Waals surface area contributed by atoms with Gasteiger partial charge in [0, 0.05) is 42.7 Å². The summed E-state index contributed by atoms with van der Waals surface area (Å²) in [7, 11) is 0. The summed E-state index contributed by atoms with van der Waals surface area (Å²) in [5.74, 6) is -0.0222. The van der Waals surface area contributed by atoms with Gasteiger partial charge in [0.2, 0.25) is 5.91 Å². The average Bonchev–Trinajstić information content (AvgIpc) is 3.38. The van der Waals surface area contributed by atoms with E-state index in [4.69, 9.17) is 0 Å². The van der Waals surface area contributed by atoms with Crippen molar-refractivity contribution in [3.8, 4) is 5.69 Å². The van der Waals surface area contributed by atoms with Crippen LogP contribution in [0.5, 0.6) is 0 Å². The van der Waals surface area contributed by atoms with Crippen LogP contribution in [0.1, 0.15) is 11.1 Å². The molecule has 0 radical (unpaired) electrons. The molecule has 4 rings (SSSR count). The molecule has 0 saturated carbocycles. The highest BCUT2D eigenvalue weighted by Crippen LogP contribution is 2.13. The van der Waals surface area contributed by atoms with Crippen molar-refractivity contribution < 1.29 is 4.79 Å². The van der Waals surface area contributed by atoms with Crippen molar-refractivity contribution in [2.24, 2.45) is 0 Å². The largest absolute Gasteiger partial charge is 0.333 e. The lowest BCUT2D eigenvalue weighted by molar-refractivity contribution is -0.115. The van der Waals surface area contributed by atoms with Crippen LogP contribution in [0.15, 0.2) is 91.8 Å². The summed E-state index contributed by atoms with van der Waals surface area (Å²) in [6, 6.07) is 19.9. The summed E-state index contributed by atoms with van der Waals surface area (Å²) in [5, 5.41) is 2.96. The third-order valence-electron chi connectivity index (χ3n) is 4.37. The van der Waals surface area contributed by atoms with Crippen molar-refractivity contribution >= 4 is 11.6 Å². The molecule has 0 fully saturated rings. The van der Waals surface area contributed by atoms with E-state index in [-0.39, 0.29) is 5.91 Å². The van der Waals surface area contributed by atoms with E-state index in [2.05, 4.69) is 10.3 Å². The fraction of sp³-hybridized carbons (Fsp3) is 0.0909. The monoisotopic (exact) mass is 356 g/mol. The summed E-state index contributed by atoms with van der Waals surface area (Å²) < 4.78 is 4.04. The third kappa shape index (κ3) is 4.33. The maximum absolute atomic E-state index is 12.3. The van der Waals surface area contributed by atoms with Crippen LogP contribution in [0.25, 0.3) is 5.69 Å². The Morgan fingerprint density at radius 3 is 2.26 bits per heavy atom. The van der Waals surface area contributed by atoms with Crippen LogP contribution in [0, 0.1) is 0 Å². The van der Waals surface area contributed by atoms with Gasteiger partial charge in [0.05, 0.1) is 12.7 Å². The number of benzene rings is 2. The minimum atomic E-state index is -0.0222. The lowest BCUT2D eigenvalue weighted by Gasteiger charge is -2.08. The summed E-state index contributed by atoms with van der Waals surface area (Å²) >= 11 is 0. The predicted molar refractivity (Wildman–Crippen MR) is 106 cm³/mol. The number of carbonyl (C=O) groups excluding carboxylic acids is 1. The van der Waals surface area contributed by atoms with Crippen molar-refractivity contribution in [2.45, 2.75) is 13.0 Å². The molecule has 5 nitrogen and oxygen atoms in total. The van der Waals surface area contributed by atoms with Gasteiger partial charge in [-0.3, -0.25) is 4.79 Å². The van der Waals surface area contributed by atoms with Crippen LogP contribution >= 0.6 is 0 Å². The summed E-state index contributed by atoms with van der Waals surface area (Å²) in [4.78, 5) is 16.3. The highest BCUT2D eigenvalue weighted by molar-refractivity contribution is 5.92. The van der Waals surface area contributed by atoms with Gasteiger partial charge >= 0.3 is 0 Å². The maximum Gasteiger partial charge on any atom is 0.228 e.